The number of amidine groups is 1. The Bertz CT molecular complexity index is 1710. The van der Waals surface area contributed by atoms with Crippen molar-refractivity contribution in [2.45, 2.75) is 56.0 Å². The molecular weight excluding hydrogens is 583 g/mol. The van der Waals surface area contributed by atoms with Crippen molar-refractivity contribution in [3.63, 3.8) is 0 Å². The molecule has 6 unspecified atom stereocenters. The average Bonchev–Trinajstić information content (AvgIpc) is 3.12. The van der Waals surface area contributed by atoms with E-state index in [1.165, 1.54) is 34.0 Å². The van der Waals surface area contributed by atoms with Crippen LogP contribution in [0.2, 0.25) is 0 Å². The molecule has 0 spiro atoms. The minimum atomic E-state index is -0.296. The lowest BCUT2D eigenvalue weighted by molar-refractivity contribution is 0.334. The number of thioether (sulfide) groups is 1. The lowest BCUT2D eigenvalue weighted by Crippen LogP contribution is -2.42. The largest absolute Gasteiger partial charge is 0.399 e. The summed E-state index contributed by atoms with van der Waals surface area (Å²) in [5.41, 5.74) is 20.5. The van der Waals surface area contributed by atoms with Crippen molar-refractivity contribution in [1.29, 1.82) is 5.41 Å². The second-order valence-electron chi connectivity index (χ2n) is 12.9. The summed E-state index contributed by atoms with van der Waals surface area (Å²) in [6, 6.07) is 18.6. The number of nitrogens with two attached hydrogens (primary N) is 2. The highest BCUT2D eigenvalue weighted by Crippen LogP contribution is 2.45. The lowest BCUT2D eigenvalue weighted by Gasteiger charge is -2.39. The Morgan fingerprint density at radius 2 is 1.74 bits per heavy atom. The van der Waals surface area contributed by atoms with Crippen molar-refractivity contribution < 1.29 is 0 Å². The second-order valence-corrected chi connectivity index (χ2v) is 14.0. The Labute approximate surface area is 277 Å². The highest BCUT2D eigenvalue weighted by atomic mass is 32.2. The van der Waals surface area contributed by atoms with Crippen LogP contribution in [-0.2, 0) is 0 Å². The topological polar surface area (TPSA) is 100 Å². The second kappa shape index (κ2) is 13.7. The van der Waals surface area contributed by atoms with Crippen LogP contribution in [0.1, 0.15) is 55.7 Å². The summed E-state index contributed by atoms with van der Waals surface area (Å²) < 4.78 is 0. The van der Waals surface area contributed by atoms with Crippen LogP contribution < -0.4 is 16.8 Å². The molecule has 5 nitrogen and oxygen atoms in total. The normalized spacial score (nSPS) is 27.7. The van der Waals surface area contributed by atoms with E-state index in [-0.39, 0.29) is 17.5 Å². The van der Waals surface area contributed by atoms with Gasteiger partial charge in [-0.05, 0) is 90.7 Å². The molecule has 1 aliphatic heterocycles. The van der Waals surface area contributed by atoms with E-state index < -0.39 is 0 Å². The number of fused-ring (bicyclic) bond motifs is 1. The van der Waals surface area contributed by atoms with E-state index in [0.29, 0.717) is 28.5 Å². The maximum atomic E-state index is 8.66. The van der Waals surface area contributed by atoms with E-state index >= 15 is 0 Å². The van der Waals surface area contributed by atoms with Crippen molar-refractivity contribution in [2.75, 3.05) is 5.73 Å². The predicted molar refractivity (Wildman–Crippen MR) is 195 cm³/mol. The molecule has 6 atom stereocenters. The minimum Gasteiger partial charge on any atom is -0.399 e. The molecule has 0 aromatic heterocycles. The van der Waals surface area contributed by atoms with E-state index in [1.807, 2.05) is 24.3 Å². The first-order chi connectivity index (χ1) is 22.5. The highest BCUT2D eigenvalue weighted by molar-refractivity contribution is 8.14. The molecule has 6 N–H and O–H groups in total. The summed E-state index contributed by atoms with van der Waals surface area (Å²) in [6.07, 6.45) is 29.7. The zero-order chi connectivity index (χ0) is 31.5. The molecule has 2 aromatic carbocycles. The zero-order valence-corrected chi connectivity index (χ0v) is 27.0. The summed E-state index contributed by atoms with van der Waals surface area (Å²) in [5, 5.41) is 12.7. The third kappa shape index (κ3) is 6.55. The van der Waals surface area contributed by atoms with Crippen LogP contribution >= 0.6 is 11.8 Å². The lowest BCUT2D eigenvalue weighted by atomic mass is 9.67. The van der Waals surface area contributed by atoms with Crippen molar-refractivity contribution >= 4 is 28.3 Å². The molecule has 0 fully saturated rings. The summed E-state index contributed by atoms with van der Waals surface area (Å²) in [5.74, 6) is 2.32. The summed E-state index contributed by atoms with van der Waals surface area (Å²) in [7, 11) is 0. The number of anilines is 1. The fourth-order valence-corrected chi connectivity index (χ4v) is 8.32. The van der Waals surface area contributed by atoms with Gasteiger partial charge in [0.15, 0.2) is 0 Å². The number of benzene rings is 2. The van der Waals surface area contributed by atoms with Gasteiger partial charge in [-0.15, -0.1) is 0 Å². The standard InChI is InChI=1S/C40H43N5S/c41-31-21-19-29(20-22-31)38(42)46-39(43)35-24-23-32(33-13-7-8-14-34(33)35)26-15-17-28(18-16-26)37-25-36(27-9-3-1-4-10-27)44-40(45-37)30-11-5-2-6-12-30/h1,3-5,8-12,14-15,17-24,26,32-33,36-37,39,42H,2,6-7,13,16,25,41,43H2,(H,44,45). The number of hydrogen-bond acceptors (Lipinski definition) is 6. The van der Waals surface area contributed by atoms with Gasteiger partial charge in [0.25, 0.3) is 0 Å². The molecule has 0 radical (unpaired) electrons. The van der Waals surface area contributed by atoms with Gasteiger partial charge in [0, 0.05) is 16.8 Å². The zero-order valence-electron chi connectivity index (χ0n) is 26.2. The Hall–Kier alpha value is -4.13. The SMILES string of the molecule is N=C(SC(N)C1=C2C=CCCC2C(C2C=CC(C3CC(c4ccccc4)N=C(C4=CCCC=C4)N3)=CC2)C=C1)c1ccc(N)cc1. The van der Waals surface area contributed by atoms with Crippen LogP contribution in [0.15, 0.2) is 143 Å². The maximum Gasteiger partial charge on any atom is 0.129 e. The minimum absolute atomic E-state index is 0.135. The third-order valence-electron chi connectivity index (χ3n) is 9.93. The van der Waals surface area contributed by atoms with Crippen LogP contribution in [0.25, 0.3) is 0 Å². The first-order valence-electron chi connectivity index (χ1n) is 16.6. The van der Waals surface area contributed by atoms with Gasteiger partial charge in [0.2, 0.25) is 0 Å². The first kappa shape index (κ1) is 30.5. The molecule has 6 heteroatoms. The molecular formula is C40H43N5S. The molecule has 4 aliphatic carbocycles. The Morgan fingerprint density at radius 3 is 2.50 bits per heavy atom. The number of rotatable bonds is 7. The molecule has 0 amide bonds. The third-order valence-corrected chi connectivity index (χ3v) is 10.9. The number of nitrogen functional groups attached to an aromatic ring is 1. The number of allylic oxidation sites excluding steroid dienone is 8. The number of nitrogens with one attached hydrogen (secondary N) is 2. The molecule has 2 aromatic rings. The molecule has 7 rings (SSSR count). The summed E-state index contributed by atoms with van der Waals surface area (Å²) >= 11 is 1.41. The first-order valence-corrected chi connectivity index (χ1v) is 17.5. The van der Waals surface area contributed by atoms with Crippen molar-refractivity contribution in [2.24, 2.45) is 28.5 Å². The van der Waals surface area contributed by atoms with E-state index in [9.17, 15) is 0 Å². The van der Waals surface area contributed by atoms with Gasteiger partial charge in [-0.25, -0.2) is 0 Å². The van der Waals surface area contributed by atoms with E-state index in [4.69, 9.17) is 21.9 Å². The molecule has 5 aliphatic rings. The van der Waals surface area contributed by atoms with E-state index in [2.05, 4.69) is 96.4 Å². The van der Waals surface area contributed by atoms with Crippen LogP contribution in [0, 0.1) is 23.2 Å². The Morgan fingerprint density at radius 1 is 0.913 bits per heavy atom. The average molecular weight is 626 g/mol. The molecule has 0 saturated heterocycles. The molecule has 1 heterocycles. The van der Waals surface area contributed by atoms with E-state index in [0.717, 1.165) is 55.5 Å². The van der Waals surface area contributed by atoms with Gasteiger partial charge in [-0.1, -0.05) is 115 Å². The molecule has 234 valence electrons. The monoisotopic (exact) mass is 625 g/mol. The summed E-state index contributed by atoms with van der Waals surface area (Å²) in [4.78, 5) is 5.20. The van der Waals surface area contributed by atoms with E-state index in [1.54, 1.807) is 0 Å². The highest BCUT2D eigenvalue weighted by Gasteiger charge is 2.35. The van der Waals surface area contributed by atoms with Gasteiger partial charge in [0.05, 0.1) is 22.5 Å². The van der Waals surface area contributed by atoms with Crippen LogP contribution in [-0.4, -0.2) is 22.3 Å². The predicted octanol–water partition coefficient (Wildman–Crippen LogP) is 8.34. The Kier molecular flexibility index (Phi) is 9.09. The fraction of sp³-hybridized carbons (Fsp3) is 0.300. The number of hydrogen-bond donors (Lipinski definition) is 4. The quantitative estimate of drug-likeness (QED) is 0.108. The smallest absolute Gasteiger partial charge is 0.129 e. The van der Waals surface area contributed by atoms with Crippen molar-refractivity contribution in [3.8, 4) is 0 Å². The summed E-state index contributed by atoms with van der Waals surface area (Å²) in [6.45, 7) is 0. The van der Waals surface area contributed by atoms with Gasteiger partial charge in [0.1, 0.15) is 5.84 Å². The van der Waals surface area contributed by atoms with Crippen LogP contribution in [0.3, 0.4) is 0 Å². The maximum absolute atomic E-state index is 8.66. The van der Waals surface area contributed by atoms with Gasteiger partial charge >= 0.3 is 0 Å². The van der Waals surface area contributed by atoms with Gasteiger partial charge in [-0.2, -0.15) is 0 Å². The number of nitrogens with zero attached hydrogens (tertiary/aromatic N) is 1. The van der Waals surface area contributed by atoms with Gasteiger partial charge < -0.3 is 16.8 Å². The fourth-order valence-electron chi connectivity index (χ4n) is 7.46. The van der Waals surface area contributed by atoms with Crippen molar-refractivity contribution in [1.82, 2.24) is 5.32 Å². The van der Waals surface area contributed by atoms with Crippen LogP contribution in [0.4, 0.5) is 5.69 Å². The number of aliphatic imine (C=N–C) groups is 1. The molecule has 0 saturated carbocycles. The van der Waals surface area contributed by atoms with Crippen LogP contribution in [0.5, 0.6) is 0 Å². The molecule has 46 heavy (non-hydrogen) atoms. The van der Waals surface area contributed by atoms with Gasteiger partial charge in [-0.3, -0.25) is 10.4 Å². The Balaban J connectivity index is 1.06. The molecule has 0 bridgehead atoms. The van der Waals surface area contributed by atoms with Crippen molar-refractivity contribution in [3.05, 3.63) is 149 Å².